The molecule has 0 saturated heterocycles. The maximum Gasteiger partial charge on any atom is 0.160 e. The average Bonchev–Trinajstić information content (AvgIpc) is 3.60. The van der Waals surface area contributed by atoms with E-state index in [2.05, 4.69) is 152 Å². The molecule has 0 amide bonds. The minimum absolute atomic E-state index is 0.558. The van der Waals surface area contributed by atoms with Crippen molar-refractivity contribution in [1.82, 2.24) is 9.97 Å². The van der Waals surface area contributed by atoms with Crippen molar-refractivity contribution in [2.45, 2.75) is 15.2 Å². The quantitative estimate of drug-likeness (QED) is 0.175. The Kier molecular flexibility index (Phi) is 8.03. The standard InChI is InChI=1S/C54H33N3S/c55-34-35-15-11-20-38(31-35)41-25-13-29-47-51(41)58-52-42(26-14-30-48(52)54(47)45-27-9-7-23-43(45)44-24-8-10-28-46(44)54)39-21-12-22-40(32-39)53-56-49(36-16-3-1-4-17-36)33-50(57-53)37-18-5-2-6-19-37/h1-33H. The van der Waals surface area contributed by atoms with E-state index in [4.69, 9.17) is 9.97 Å². The zero-order chi connectivity index (χ0) is 38.6. The Balaban J connectivity index is 1.15. The molecule has 0 unspecified atom stereocenters. The third kappa shape index (κ3) is 5.29. The summed E-state index contributed by atoms with van der Waals surface area (Å²) < 4.78 is 0. The summed E-state index contributed by atoms with van der Waals surface area (Å²) in [7, 11) is 0. The van der Waals surface area contributed by atoms with Gasteiger partial charge in [-0.3, -0.25) is 0 Å². The molecule has 2 heterocycles. The van der Waals surface area contributed by atoms with E-state index >= 15 is 0 Å². The second-order valence-corrected chi connectivity index (χ2v) is 15.8. The molecule has 1 aliphatic heterocycles. The highest BCUT2D eigenvalue weighted by molar-refractivity contribution is 7.99. The van der Waals surface area contributed by atoms with Crippen molar-refractivity contribution in [3.63, 3.8) is 0 Å². The number of hydrogen-bond acceptors (Lipinski definition) is 4. The second-order valence-electron chi connectivity index (χ2n) is 14.8. The largest absolute Gasteiger partial charge is 0.228 e. The first-order valence-electron chi connectivity index (χ1n) is 19.5. The maximum atomic E-state index is 9.91. The normalized spacial score (nSPS) is 12.9. The Morgan fingerprint density at radius 2 is 0.810 bits per heavy atom. The molecule has 1 aliphatic carbocycles. The summed E-state index contributed by atoms with van der Waals surface area (Å²) in [5.41, 5.74) is 16.9. The highest BCUT2D eigenvalue weighted by atomic mass is 32.2. The van der Waals surface area contributed by atoms with E-state index in [1.807, 2.05) is 66.4 Å². The van der Waals surface area contributed by atoms with E-state index in [-0.39, 0.29) is 0 Å². The fourth-order valence-electron chi connectivity index (χ4n) is 9.07. The van der Waals surface area contributed by atoms with Gasteiger partial charge in [-0.05, 0) is 79.9 Å². The monoisotopic (exact) mass is 755 g/mol. The number of fused-ring (bicyclic) bond motifs is 9. The van der Waals surface area contributed by atoms with Crippen molar-refractivity contribution in [1.29, 1.82) is 5.26 Å². The number of aromatic nitrogens is 2. The van der Waals surface area contributed by atoms with Crippen LogP contribution in [0.3, 0.4) is 0 Å². The molecule has 270 valence electrons. The summed E-state index contributed by atoms with van der Waals surface area (Å²) in [6.07, 6.45) is 0. The van der Waals surface area contributed by atoms with E-state index in [1.54, 1.807) is 0 Å². The van der Waals surface area contributed by atoms with Gasteiger partial charge in [0, 0.05) is 26.5 Å². The molecule has 8 aromatic carbocycles. The summed E-state index contributed by atoms with van der Waals surface area (Å²) in [6, 6.07) is 73.1. The van der Waals surface area contributed by atoms with Crippen LogP contribution in [0.5, 0.6) is 0 Å². The molecule has 0 N–H and O–H groups in total. The maximum absolute atomic E-state index is 9.91. The third-order valence-electron chi connectivity index (χ3n) is 11.6. The highest BCUT2D eigenvalue weighted by Gasteiger charge is 2.51. The Hall–Kier alpha value is -7.32. The van der Waals surface area contributed by atoms with Crippen LogP contribution in [0.4, 0.5) is 0 Å². The Labute approximate surface area is 342 Å². The number of rotatable bonds is 5. The molecule has 1 spiro atoms. The summed E-state index contributed by atoms with van der Waals surface area (Å²) in [6.45, 7) is 0. The van der Waals surface area contributed by atoms with E-state index in [1.165, 1.54) is 43.2 Å². The molecule has 0 bridgehead atoms. The van der Waals surface area contributed by atoms with Gasteiger partial charge in [0.05, 0.1) is 28.4 Å². The highest BCUT2D eigenvalue weighted by Crippen LogP contribution is 2.64. The molecular weight excluding hydrogens is 723 g/mol. The minimum atomic E-state index is -0.558. The molecule has 0 saturated carbocycles. The number of nitriles is 1. The topological polar surface area (TPSA) is 49.6 Å². The lowest BCUT2D eigenvalue weighted by Crippen LogP contribution is -2.32. The summed E-state index contributed by atoms with van der Waals surface area (Å²) in [5.74, 6) is 0.680. The average molecular weight is 756 g/mol. The van der Waals surface area contributed by atoms with Crippen LogP contribution in [0.1, 0.15) is 27.8 Å². The van der Waals surface area contributed by atoms with Gasteiger partial charge in [0.2, 0.25) is 0 Å². The van der Waals surface area contributed by atoms with Crippen LogP contribution in [0, 0.1) is 11.3 Å². The van der Waals surface area contributed by atoms with Crippen LogP contribution >= 0.6 is 11.8 Å². The van der Waals surface area contributed by atoms with Crippen molar-refractivity contribution in [2.75, 3.05) is 0 Å². The molecule has 0 atom stereocenters. The van der Waals surface area contributed by atoms with Crippen LogP contribution in [0.25, 0.3) is 67.3 Å². The van der Waals surface area contributed by atoms with Gasteiger partial charge < -0.3 is 0 Å². The molecule has 0 fully saturated rings. The zero-order valence-electron chi connectivity index (χ0n) is 31.3. The second kappa shape index (κ2) is 13.7. The summed E-state index contributed by atoms with van der Waals surface area (Å²) in [4.78, 5) is 12.8. The van der Waals surface area contributed by atoms with Crippen molar-refractivity contribution in [2.24, 2.45) is 0 Å². The number of hydrogen-bond donors (Lipinski definition) is 0. The Morgan fingerprint density at radius 1 is 0.379 bits per heavy atom. The van der Waals surface area contributed by atoms with Gasteiger partial charge in [-0.25, -0.2) is 9.97 Å². The molecule has 11 rings (SSSR count). The lowest BCUT2D eigenvalue weighted by Gasteiger charge is -2.41. The Morgan fingerprint density at radius 3 is 1.38 bits per heavy atom. The molecule has 9 aromatic rings. The van der Waals surface area contributed by atoms with Crippen molar-refractivity contribution < 1.29 is 0 Å². The van der Waals surface area contributed by atoms with Gasteiger partial charge in [-0.15, -0.1) is 0 Å². The lowest BCUT2D eigenvalue weighted by molar-refractivity contribution is 0.724. The lowest BCUT2D eigenvalue weighted by atomic mass is 9.66. The first kappa shape index (κ1) is 34.0. The van der Waals surface area contributed by atoms with Gasteiger partial charge in [0.25, 0.3) is 0 Å². The van der Waals surface area contributed by atoms with Gasteiger partial charge >= 0.3 is 0 Å². The van der Waals surface area contributed by atoms with Gasteiger partial charge in [-0.2, -0.15) is 5.26 Å². The molecule has 0 radical (unpaired) electrons. The van der Waals surface area contributed by atoms with Crippen molar-refractivity contribution >= 4 is 11.8 Å². The van der Waals surface area contributed by atoms with E-state index in [0.29, 0.717) is 11.4 Å². The van der Waals surface area contributed by atoms with Gasteiger partial charge in [0.1, 0.15) is 0 Å². The summed E-state index contributed by atoms with van der Waals surface area (Å²) >= 11 is 1.84. The Bertz CT molecular complexity index is 3010. The fourth-order valence-corrected chi connectivity index (χ4v) is 10.5. The first-order chi connectivity index (χ1) is 28.7. The summed E-state index contributed by atoms with van der Waals surface area (Å²) in [5, 5.41) is 9.91. The van der Waals surface area contributed by atoms with Crippen LogP contribution in [0.2, 0.25) is 0 Å². The third-order valence-corrected chi connectivity index (χ3v) is 12.9. The zero-order valence-corrected chi connectivity index (χ0v) is 32.1. The predicted octanol–water partition coefficient (Wildman–Crippen LogP) is 13.5. The van der Waals surface area contributed by atoms with Crippen LogP contribution < -0.4 is 0 Å². The molecule has 58 heavy (non-hydrogen) atoms. The van der Waals surface area contributed by atoms with Crippen molar-refractivity contribution in [3.8, 4) is 73.4 Å². The SMILES string of the molecule is N#Cc1cccc(-c2cccc3c2Sc2c(-c4cccc(-c5nc(-c6ccccc6)cc(-c6ccccc6)n5)c4)cccc2C32c3ccccc3-c3ccccc32)c1. The molecule has 2 aliphatic rings. The molecular formula is C54H33N3S. The predicted molar refractivity (Wildman–Crippen MR) is 235 cm³/mol. The van der Waals surface area contributed by atoms with Gasteiger partial charge in [-0.1, -0.05) is 188 Å². The smallest absolute Gasteiger partial charge is 0.160 e. The van der Waals surface area contributed by atoms with E-state index in [9.17, 15) is 5.26 Å². The first-order valence-corrected chi connectivity index (χ1v) is 20.3. The molecule has 1 aromatic heterocycles. The molecule has 3 nitrogen and oxygen atoms in total. The van der Waals surface area contributed by atoms with Gasteiger partial charge in [0.15, 0.2) is 5.82 Å². The van der Waals surface area contributed by atoms with E-state index < -0.39 is 5.41 Å². The number of nitrogens with zero attached hydrogens (tertiary/aromatic N) is 3. The van der Waals surface area contributed by atoms with Crippen LogP contribution in [-0.2, 0) is 5.41 Å². The van der Waals surface area contributed by atoms with Crippen molar-refractivity contribution in [3.05, 3.63) is 228 Å². The minimum Gasteiger partial charge on any atom is -0.228 e. The van der Waals surface area contributed by atoms with E-state index in [0.717, 1.165) is 50.3 Å². The fraction of sp³-hybridized carbons (Fsp3) is 0.0185. The number of benzene rings is 8. The van der Waals surface area contributed by atoms with Crippen LogP contribution in [0.15, 0.2) is 210 Å². The van der Waals surface area contributed by atoms with Crippen LogP contribution in [-0.4, -0.2) is 9.97 Å². The molecule has 4 heteroatoms.